The number of aryl methyl sites for hydroxylation is 1. The van der Waals surface area contributed by atoms with Gasteiger partial charge in [-0.2, -0.15) is 0 Å². The van der Waals surface area contributed by atoms with Gasteiger partial charge in [0.1, 0.15) is 11.5 Å². The van der Waals surface area contributed by atoms with Crippen LogP contribution < -0.4 is 10.1 Å². The van der Waals surface area contributed by atoms with Gasteiger partial charge in [-0.15, -0.1) is 0 Å². The molecule has 0 atom stereocenters. The van der Waals surface area contributed by atoms with Crippen LogP contribution in [0, 0.1) is 6.92 Å². The van der Waals surface area contributed by atoms with E-state index in [1.807, 2.05) is 44.2 Å². The molecule has 5 heteroatoms. The van der Waals surface area contributed by atoms with E-state index in [-0.39, 0.29) is 5.91 Å². The molecule has 2 aromatic carbocycles. The number of ether oxygens (including phenoxy) is 1. The highest BCUT2D eigenvalue weighted by Crippen LogP contribution is 2.34. The minimum Gasteiger partial charge on any atom is -0.494 e. The summed E-state index contributed by atoms with van der Waals surface area (Å²) in [5, 5.41) is 3.35. The molecule has 4 nitrogen and oxygen atoms in total. The molecule has 22 heavy (non-hydrogen) atoms. The smallest absolute Gasteiger partial charge is 0.275 e. The van der Waals surface area contributed by atoms with E-state index >= 15 is 0 Å². The first-order chi connectivity index (χ1) is 10.6. The van der Waals surface area contributed by atoms with Crippen molar-refractivity contribution < 1.29 is 9.53 Å². The first-order valence-corrected chi connectivity index (χ1v) is 7.40. The maximum atomic E-state index is 12.2. The fraction of sp³-hybridized carbons (Fsp3) is 0.176. The van der Waals surface area contributed by atoms with Crippen molar-refractivity contribution in [3.63, 3.8) is 0 Å². The molecule has 1 heterocycles. The van der Waals surface area contributed by atoms with Crippen LogP contribution in [0.1, 0.15) is 18.1 Å². The van der Waals surface area contributed by atoms with E-state index in [0.29, 0.717) is 28.6 Å². The summed E-state index contributed by atoms with van der Waals surface area (Å²) in [5.41, 5.74) is 3.39. The number of benzene rings is 2. The van der Waals surface area contributed by atoms with Crippen LogP contribution in [0.25, 0.3) is 0 Å². The van der Waals surface area contributed by atoms with Gasteiger partial charge in [-0.05, 0) is 49.7 Å². The average Bonchev–Trinajstić information content (AvgIpc) is 2.84. The molecule has 1 aliphatic rings. The zero-order chi connectivity index (χ0) is 15.7. The Hall–Kier alpha value is -2.33. The van der Waals surface area contributed by atoms with Gasteiger partial charge in [-0.1, -0.05) is 17.7 Å². The number of hydrogen-bond donors (Lipinski definition) is 1. The minimum atomic E-state index is -0.236. The summed E-state index contributed by atoms with van der Waals surface area (Å²) in [6, 6.07) is 10.9. The Bertz CT molecular complexity index is 767. The predicted molar refractivity (Wildman–Crippen MR) is 88.6 cm³/mol. The number of hydrogen-bond acceptors (Lipinski definition) is 3. The molecule has 1 aliphatic heterocycles. The minimum absolute atomic E-state index is 0.236. The fourth-order valence-corrected chi connectivity index (χ4v) is 2.63. The van der Waals surface area contributed by atoms with Gasteiger partial charge in [0.15, 0.2) is 0 Å². The van der Waals surface area contributed by atoms with Crippen LogP contribution in [0.5, 0.6) is 5.75 Å². The molecule has 0 saturated heterocycles. The Morgan fingerprint density at radius 3 is 2.59 bits per heavy atom. The second-order valence-corrected chi connectivity index (χ2v) is 5.36. The van der Waals surface area contributed by atoms with Gasteiger partial charge in [0.25, 0.3) is 5.91 Å². The van der Waals surface area contributed by atoms with Crippen molar-refractivity contribution in [3.05, 3.63) is 52.5 Å². The van der Waals surface area contributed by atoms with Crippen molar-refractivity contribution in [2.75, 3.05) is 11.9 Å². The number of aliphatic imine (C=N–C) groups is 1. The van der Waals surface area contributed by atoms with Crippen LogP contribution in [0.15, 0.2) is 41.4 Å². The first-order valence-electron chi connectivity index (χ1n) is 7.02. The molecule has 2 aromatic rings. The number of amides is 1. The van der Waals surface area contributed by atoms with Crippen molar-refractivity contribution in [2.24, 2.45) is 4.99 Å². The van der Waals surface area contributed by atoms with E-state index in [4.69, 9.17) is 16.3 Å². The average molecular weight is 315 g/mol. The zero-order valence-corrected chi connectivity index (χ0v) is 13.1. The van der Waals surface area contributed by atoms with Gasteiger partial charge in [0.05, 0.1) is 23.0 Å². The summed E-state index contributed by atoms with van der Waals surface area (Å²) < 4.78 is 5.39. The molecular weight excluding hydrogens is 300 g/mol. The monoisotopic (exact) mass is 314 g/mol. The van der Waals surface area contributed by atoms with Crippen LogP contribution >= 0.6 is 11.6 Å². The summed E-state index contributed by atoms with van der Waals surface area (Å²) in [5.74, 6) is 0.539. The Kier molecular flexibility index (Phi) is 3.86. The maximum absolute atomic E-state index is 12.2. The maximum Gasteiger partial charge on any atom is 0.275 e. The number of nitrogens with one attached hydrogen (secondary N) is 1. The summed E-state index contributed by atoms with van der Waals surface area (Å²) in [6.07, 6.45) is 0. The molecule has 1 N–H and O–H groups in total. The number of carbonyl (C=O) groups is 1. The molecule has 0 bridgehead atoms. The second kappa shape index (κ2) is 5.81. The third-order valence-electron chi connectivity index (χ3n) is 3.44. The van der Waals surface area contributed by atoms with Crippen LogP contribution in [0.3, 0.4) is 0 Å². The van der Waals surface area contributed by atoms with Gasteiger partial charge in [-0.3, -0.25) is 4.79 Å². The summed E-state index contributed by atoms with van der Waals surface area (Å²) in [6.45, 7) is 4.46. The molecule has 0 saturated carbocycles. The van der Waals surface area contributed by atoms with Gasteiger partial charge >= 0.3 is 0 Å². The molecule has 0 unspecified atom stereocenters. The van der Waals surface area contributed by atoms with Crippen molar-refractivity contribution in [3.8, 4) is 5.75 Å². The van der Waals surface area contributed by atoms with Crippen LogP contribution in [-0.4, -0.2) is 18.2 Å². The quantitative estimate of drug-likeness (QED) is 0.926. The molecule has 3 rings (SSSR count). The van der Waals surface area contributed by atoms with Crippen LogP contribution in [0.2, 0.25) is 5.02 Å². The summed E-state index contributed by atoms with van der Waals surface area (Å²) >= 11 is 6.24. The Balaban J connectivity index is 2.02. The molecule has 0 aromatic heterocycles. The Morgan fingerprint density at radius 2 is 1.91 bits per heavy atom. The molecule has 0 radical (unpaired) electrons. The molecule has 1 amide bonds. The first kappa shape index (κ1) is 14.6. The lowest BCUT2D eigenvalue weighted by molar-refractivity contribution is -0.110. The number of fused-ring (bicyclic) bond motifs is 1. The fourth-order valence-electron chi connectivity index (χ4n) is 2.38. The van der Waals surface area contributed by atoms with Crippen molar-refractivity contribution in [1.29, 1.82) is 0 Å². The highest BCUT2D eigenvalue weighted by atomic mass is 35.5. The van der Waals surface area contributed by atoms with E-state index < -0.39 is 0 Å². The number of rotatable bonds is 3. The lowest BCUT2D eigenvalue weighted by Gasteiger charge is -2.05. The van der Waals surface area contributed by atoms with Crippen LogP contribution in [-0.2, 0) is 4.79 Å². The summed E-state index contributed by atoms with van der Waals surface area (Å²) in [7, 11) is 0. The molecule has 0 fully saturated rings. The molecular formula is C17H15ClN2O2. The topological polar surface area (TPSA) is 50.7 Å². The van der Waals surface area contributed by atoms with E-state index in [1.165, 1.54) is 0 Å². The van der Waals surface area contributed by atoms with Gasteiger partial charge in [0, 0.05) is 5.56 Å². The molecule has 112 valence electrons. The van der Waals surface area contributed by atoms with Gasteiger partial charge in [0.2, 0.25) is 0 Å². The van der Waals surface area contributed by atoms with Crippen molar-refractivity contribution in [2.45, 2.75) is 13.8 Å². The standard InChI is InChI=1S/C17H15ClN2O2/c1-3-22-12-7-5-11(6-8-12)19-16-14-13(18)9-4-10(2)15(14)20-17(16)21/h4-9H,3H2,1-2H3,(H,19,20,21). The van der Waals surface area contributed by atoms with Crippen molar-refractivity contribution in [1.82, 2.24) is 0 Å². The molecule has 0 spiro atoms. The van der Waals surface area contributed by atoms with Gasteiger partial charge in [-0.25, -0.2) is 4.99 Å². The third-order valence-corrected chi connectivity index (χ3v) is 3.76. The third kappa shape index (κ3) is 2.57. The Labute approximate surface area is 133 Å². The van der Waals surface area contributed by atoms with Crippen LogP contribution in [0.4, 0.5) is 11.4 Å². The predicted octanol–water partition coefficient (Wildman–Crippen LogP) is 4.12. The van der Waals surface area contributed by atoms with Crippen molar-refractivity contribution >= 4 is 34.6 Å². The number of nitrogens with zero attached hydrogens (tertiary/aromatic N) is 1. The summed E-state index contributed by atoms with van der Waals surface area (Å²) in [4.78, 5) is 16.6. The van der Waals surface area contributed by atoms with E-state index in [9.17, 15) is 4.79 Å². The van der Waals surface area contributed by atoms with E-state index in [2.05, 4.69) is 10.3 Å². The Morgan fingerprint density at radius 1 is 1.18 bits per heavy atom. The SMILES string of the molecule is CCOc1ccc(N=C2C(=O)Nc3c(C)ccc(Cl)c32)cc1. The zero-order valence-electron chi connectivity index (χ0n) is 12.3. The molecule has 0 aliphatic carbocycles. The van der Waals surface area contributed by atoms with Gasteiger partial charge < -0.3 is 10.1 Å². The highest BCUT2D eigenvalue weighted by Gasteiger charge is 2.29. The second-order valence-electron chi connectivity index (χ2n) is 4.96. The highest BCUT2D eigenvalue weighted by molar-refractivity contribution is 6.57. The lowest BCUT2D eigenvalue weighted by atomic mass is 10.1. The largest absolute Gasteiger partial charge is 0.494 e. The normalized spacial score (nSPS) is 14.9. The lowest BCUT2D eigenvalue weighted by Crippen LogP contribution is -2.14. The number of carbonyl (C=O) groups excluding carboxylic acids is 1. The number of anilines is 1. The number of halogens is 1. The van der Waals surface area contributed by atoms with E-state index in [1.54, 1.807) is 6.07 Å². The van der Waals surface area contributed by atoms with E-state index in [0.717, 1.165) is 17.0 Å².